The minimum absolute atomic E-state index is 0.111. The highest BCUT2D eigenvalue weighted by molar-refractivity contribution is 7.18. The predicted octanol–water partition coefficient (Wildman–Crippen LogP) is 1.45. The average Bonchev–Trinajstić information content (AvgIpc) is 2.41. The van der Waals surface area contributed by atoms with E-state index in [1.165, 1.54) is 18.3 Å². The number of anilines is 2. The quantitative estimate of drug-likeness (QED) is 0.700. The molecule has 1 aromatic heterocycles. The molecule has 0 bridgehead atoms. The smallest absolute Gasteiger partial charge is 0.171 e. The fourth-order valence-electron chi connectivity index (χ4n) is 0.992. The summed E-state index contributed by atoms with van der Waals surface area (Å²) in [5, 5.41) is 12.2. The van der Waals surface area contributed by atoms with E-state index < -0.39 is 0 Å². The fourth-order valence-corrected chi connectivity index (χ4v) is 1.91. The summed E-state index contributed by atoms with van der Waals surface area (Å²) in [6.07, 6.45) is 0. The summed E-state index contributed by atoms with van der Waals surface area (Å²) in [5.74, 6) is -0.111. The third kappa shape index (κ3) is 1.48. The van der Waals surface area contributed by atoms with Crippen LogP contribution in [0.2, 0.25) is 0 Å². The standard InChI is InChI=1S/C8H9N3OS/c1-4(12)7-6(10)5(3-9)8(11-2)13-7/h11H,10H2,1-2H3. The monoisotopic (exact) mass is 195 g/mol. The van der Waals surface area contributed by atoms with E-state index in [0.717, 1.165) is 0 Å². The largest absolute Gasteiger partial charge is 0.396 e. The molecule has 0 spiro atoms. The summed E-state index contributed by atoms with van der Waals surface area (Å²) in [4.78, 5) is 11.5. The van der Waals surface area contributed by atoms with E-state index in [2.05, 4.69) is 5.32 Å². The molecule has 13 heavy (non-hydrogen) atoms. The van der Waals surface area contributed by atoms with Crippen molar-refractivity contribution in [3.05, 3.63) is 10.4 Å². The summed E-state index contributed by atoms with van der Waals surface area (Å²) in [5.41, 5.74) is 6.26. The Morgan fingerprint density at radius 1 is 1.69 bits per heavy atom. The van der Waals surface area contributed by atoms with Crippen LogP contribution in [0.25, 0.3) is 0 Å². The lowest BCUT2D eigenvalue weighted by atomic mass is 10.2. The van der Waals surface area contributed by atoms with E-state index in [0.29, 0.717) is 15.4 Å². The average molecular weight is 195 g/mol. The number of thiophene rings is 1. The first-order valence-corrected chi connectivity index (χ1v) is 4.44. The van der Waals surface area contributed by atoms with Gasteiger partial charge in [0.2, 0.25) is 0 Å². The van der Waals surface area contributed by atoms with Crippen LogP contribution in [0.4, 0.5) is 10.7 Å². The van der Waals surface area contributed by atoms with Crippen molar-refractivity contribution in [2.45, 2.75) is 6.92 Å². The van der Waals surface area contributed by atoms with Gasteiger partial charge in [-0.25, -0.2) is 0 Å². The van der Waals surface area contributed by atoms with Crippen molar-refractivity contribution < 1.29 is 4.79 Å². The van der Waals surface area contributed by atoms with Crippen molar-refractivity contribution in [3.8, 4) is 6.07 Å². The number of carbonyl (C=O) groups is 1. The maximum absolute atomic E-state index is 11.1. The zero-order valence-corrected chi connectivity index (χ0v) is 8.16. The summed E-state index contributed by atoms with van der Waals surface area (Å²) in [6, 6.07) is 1.96. The van der Waals surface area contributed by atoms with E-state index in [-0.39, 0.29) is 11.5 Å². The molecular weight excluding hydrogens is 186 g/mol. The molecule has 0 radical (unpaired) electrons. The van der Waals surface area contributed by atoms with E-state index in [1.54, 1.807) is 7.05 Å². The van der Waals surface area contributed by atoms with Crippen LogP contribution in [-0.4, -0.2) is 12.8 Å². The van der Waals surface area contributed by atoms with Gasteiger partial charge in [0.25, 0.3) is 0 Å². The first-order chi connectivity index (χ1) is 6.11. The second-order valence-electron chi connectivity index (χ2n) is 2.47. The number of nitrogens with zero attached hydrogens (tertiary/aromatic N) is 1. The Bertz CT molecular complexity index is 389. The molecule has 68 valence electrons. The van der Waals surface area contributed by atoms with Crippen molar-refractivity contribution in [1.82, 2.24) is 0 Å². The molecule has 0 atom stereocenters. The number of Topliss-reactive ketones (excluding diaryl/α,β-unsaturated/α-hetero) is 1. The first kappa shape index (κ1) is 9.55. The second-order valence-corrected chi connectivity index (χ2v) is 3.49. The number of nitrogen functional groups attached to an aromatic ring is 1. The van der Waals surface area contributed by atoms with Crippen LogP contribution in [0.5, 0.6) is 0 Å². The normalized spacial score (nSPS) is 9.31. The maximum Gasteiger partial charge on any atom is 0.171 e. The molecule has 5 heteroatoms. The van der Waals surface area contributed by atoms with Gasteiger partial charge >= 0.3 is 0 Å². The molecule has 0 aromatic carbocycles. The minimum atomic E-state index is -0.111. The molecule has 0 saturated heterocycles. The summed E-state index contributed by atoms with van der Waals surface area (Å²) in [7, 11) is 1.69. The minimum Gasteiger partial charge on any atom is -0.396 e. The van der Waals surface area contributed by atoms with Gasteiger partial charge in [-0.3, -0.25) is 4.79 Å². The van der Waals surface area contributed by atoms with E-state index >= 15 is 0 Å². The van der Waals surface area contributed by atoms with Gasteiger partial charge in [0, 0.05) is 14.0 Å². The van der Waals surface area contributed by atoms with Crippen molar-refractivity contribution in [1.29, 1.82) is 5.26 Å². The highest BCUT2D eigenvalue weighted by Gasteiger charge is 2.17. The van der Waals surface area contributed by atoms with Crippen molar-refractivity contribution in [3.63, 3.8) is 0 Å². The van der Waals surface area contributed by atoms with Crippen molar-refractivity contribution >= 4 is 27.8 Å². The Labute approximate surface area is 80.0 Å². The fraction of sp³-hybridized carbons (Fsp3) is 0.250. The van der Waals surface area contributed by atoms with Crippen LogP contribution in [0.1, 0.15) is 22.2 Å². The molecule has 1 rings (SSSR count). The third-order valence-corrected chi connectivity index (χ3v) is 2.93. The summed E-state index contributed by atoms with van der Waals surface area (Å²) in [6.45, 7) is 1.43. The molecule has 0 fully saturated rings. The zero-order valence-electron chi connectivity index (χ0n) is 7.34. The lowest BCUT2D eigenvalue weighted by Crippen LogP contribution is -1.95. The molecule has 0 saturated carbocycles. The molecule has 1 aromatic rings. The van der Waals surface area contributed by atoms with Gasteiger partial charge in [-0.05, 0) is 0 Å². The molecule has 0 aliphatic rings. The SMILES string of the molecule is CNc1sc(C(C)=O)c(N)c1C#N. The van der Waals surface area contributed by atoms with Crippen LogP contribution in [0.3, 0.4) is 0 Å². The van der Waals surface area contributed by atoms with Gasteiger partial charge in [-0.15, -0.1) is 11.3 Å². The van der Waals surface area contributed by atoms with Gasteiger partial charge in [0.05, 0.1) is 10.6 Å². The van der Waals surface area contributed by atoms with Crippen LogP contribution < -0.4 is 11.1 Å². The van der Waals surface area contributed by atoms with Gasteiger partial charge in [0.15, 0.2) is 5.78 Å². The van der Waals surface area contributed by atoms with Crippen LogP contribution >= 0.6 is 11.3 Å². The highest BCUT2D eigenvalue weighted by Crippen LogP contribution is 2.34. The van der Waals surface area contributed by atoms with Crippen molar-refractivity contribution in [2.75, 3.05) is 18.1 Å². The maximum atomic E-state index is 11.1. The Morgan fingerprint density at radius 3 is 2.62 bits per heavy atom. The number of ketones is 1. The molecule has 1 heterocycles. The lowest BCUT2D eigenvalue weighted by Gasteiger charge is -1.92. The molecule has 0 unspecified atom stereocenters. The van der Waals surface area contributed by atoms with Gasteiger partial charge in [-0.2, -0.15) is 5.26 Å². The van der Waals surface area contributed by atoms with Crippen LogP contribution in [-0.2, 0) is 0 Å². The van der Waals surface area contributed by atoms with Crippen LogP contribution in [0.15, 0.2) is 0 Å². The van der Waals surface area contributed by atoms with Crippen LogP contribution in [0, 0.1) is 11.3 Å². The summed E-state index contributed by atoms with van der Waals surface area (Å²) < 4.78 is 0. The van der Waals surface area contributed by atoms with Crippen molar-refractivity contribution in [2.24, 2.45) is 0 Å². The topological polar surface area (TPSA) is 78.9 Å². The molecule has 3 N–H and O–H groups in total. The first-order valence-electron chi connectivity index (χ1n) is 3.62. The van der Waals surface area contributed by atoms with Gasteiger partial charge < -0.3 is 11.1 Å². The molecule has 0 aliphatic carbocycles. The van der Waals surface area contributed by atoms with E-state index in [4.69, 9.17) is 11.0 Å². The molecule has 4 nitrogen and oxygen atoms in total. The van der Waals surface area contributed by atoms with E-state index in [9.17, 15) is 4.79 Å². The van der Waals surface area contributed by atoms with E-state index in [1.807, 2.05) is 6.07 Å². The number of nitrogens with two attached hydrogens (primary N) is 1. The number of nitriles is 1. The number of rotatable bonds is 2. The second kappa shape index (κ2) is 3.46. The third-order valence-electron chi connectivity index (χ3n) is 1.60. The van der Waals surface area contributed by atoms with Gasteiger partial charge in [0.1, 0.15) is 16.6 Å². The molecule has 0 aliphatic heterocycles. The molecule has 0 amide bonds. The Kier molecular flexibility index (Phi) is 2.54. The highest BCUT2D eigenvalue weighted by atomic mass is 32.1. The predicted molar refractivity (Wildman–Crippen MR) is 53.0 cm³/mol. The molecular formula is C8H9N3OS. The summed E-state index contributed by atoms with van der Waals surface area (Å²) >= 11 is 1.21. The number of nitrogens with one attached hydrogen (secondary N) is 1. The Hall–Kier alpha value is -1.54. The Morgan fingerprint density at radius 2 is 2.31 bits per heavy atom. The zero-order chi connectivity index (χ0) is 10.0. The van der Waals surface area contributed by atoms with Gasteiger partial charge in [-0.1, -0.05) is 0 Å². The number of carbonyl (C=O) groups excluding carboxylic acids is 1. The lowest BCUT2D eigenvalue weighted by molar-refractivity contribution is 0.102. The number of hydrogen-bond donors (Lipinski definition) is 2. The number of hydrogen-bond acceptors (Lipinski definition) is 5. The Balaban J connectivity index is 3.37.